The topological polar surface area (TPSA) is 64.2 Å². The first-order valence-electron chi connectivity index (χ1n) is 6.04. The van der Waals surface area contributed by atoms with E-state index in [1.165, 1.54) is 0 Å². The maximum absolute atomic E-state index is 12.3. The molecule has 2 atom stereocenters. The van der Waals surface area contributed by atoms with E-state index in [-0.39, 0.29) is 24.4 Å². The molecule has 0 aromatic carbocycles. The van der Waals surface area contributed by atoms with Crippen molar-refractivity contribution in [2.75, 3.05) is 13.1 Å². The van der Waals surface area contributed by atoms with E-state index in [2.05, 4.69) is 12.0 Å². The number of hydrogen-bond acceptors (Lipinski definition) is 3. The van der Waals surface area contributed by atoms with Gasteiger partial charge in [-0.1, -0.05) is 6.92 Å². The van der Waals surface area contributed by atoms with Crippen molar-refractivity contribution in [2.24, 2.45) is 18.7 Å². The number of carbonyl (C=O) groups excluding carboxylic acids is 1. The molecular weight excluding hydrogens is 252 g/mol. The molecular formula is C12H21ClN4O. The minimum absolute atomic E-state index is 0. The number of aryl methyl sites for hydroxylation is 1. The summed E-state index contributed by atoms with van der Waals surface area (Å²) in [5, 5.41) is 4.11. The van der Waals surface area contributed by atoms with Crippen LogP contribution in [-0.2, 0) is 7.05 Å². The summed E-state index contributed by atoms with van der Waals surface area (Å²) in [5.41, 5.74) is 7.58. The lowest BCUT2D eigenvalue weighted by molar-refractivity contribution is 0.0663. The van der Waals surface area contributed by atoms with Crippen molar-refractivity contribution in [3.05, 3.63) is 17.5 Å². The van der Waals surface area contributed by atoms with E-state index in [9.17, 15) is 4.79 Å². The third-order valence-corrected chi connectivity index (χ3v) is 3.72. The highest BCUT2D eigenvalue weighted by atomic mass is 35.5. The van der Waals surface area contributed by atoms with Gasteiger partial charge in [-0.2, -0.15) is 5.10 Å². The van der Waals surface area contributed by atoms with Gasteiger partial charge >= 0.3 is 0 Å². The molecule has 2 N–H and O–H groups in total. The second-order valence-electron chi connectivity index (χ2n) is 4.95. The Morgan fingerprint density at radius 1 is 1.56 bits per heavy atom. The van der Waals surface area contributed by atoms with Gasteiger partial charge in [0.1, 0.15) is 0 Å². The van der Waals surface area contributed by atoms with Gasteiger partial charge in [-0.25, -0.2) is 0 Å². The number of nitrogens with two attached hydrogens (primary N) is 1. The average molecular weight is 273 g/mol. The Labute approximate surface area is 114 Å². The van der Waals surface area contributed by atoms with E-state index < -0.39 is 0 Å². The lowest BCUT2D eigenvalue weighted by atomic mass is 9.94. The Bertz CT molecular complexity index is 432. The number of hydrogen-bond donors (Lipinski definition) is 1. The molecule has 1 aliphatic heterocycles. The zero-order valence-electron chi connectivity index (χ0n) is 11.1. The fourth-order valence-electron chi connectivity index (χ4n) is 2.23. The molecule has 2 heterocycles. The summed E-state index contributed by atoms with van der Waals surface area (Å²) in [6, 6.07) is 0.217. The smallest absolute Gasteiger partial charge is 0.257 e. The van der Waals surface area contributed by atoms with Crippen molar-refractivity contribution in [3.8, 4) is 0 Å². The number of nitrogens with zero attached hydrogens (tertiary/aromatic N) is 3. The first-order chi connectivity index (χ1) is 8.00. The lowest BCUT2D eigenvalue weighted by Gasteiger charge is -2.35. The Morgan fingerprint density at radius 3 is 2.72 bits per heavy atom. The standard InChI is InChI=1S/C12H20N4O.ClH/c1-8-7-16(5-4-11(8)13)12(17)10-6-14-15(3)9(10)2;/h6,8,11H,4-5,7,13H2,1-3H3;1H. The zero-order valence-corrected chi connectivity index (χ0v) is 11.9. The predicted octanol–water partition coefficient (Wildman–Crippen LogP) is 0.960. The molecule has 1 aliphatic rings. The number of rotatable bonds is 1. The number of halogens is 1. The van der Waals surface area contributed by atoms with Gasteiger partial charge in [-0.05, 0) is 19.3 Å². The number of aromatic nitrogens is 2. The van der Waals surface area contributed by atoms with Crippen molar-refractivity contribution in [3.63, 3.8) is 0 Å². The molecule has 0 bridgehead atoms. The summed E-state index contributed by atoms with van der Waals surface area (Å²) >= 11 is 0. The average Bonchev–Trinajstić information content (AvgIpc) is 2.63. The van der Waals surface area contributed by atoms with Crippen LogP contribution in [0.15, 0.2) is 6.20 Å². The van der Waals surface area contributed by atoms with Crippen molar-refractivity contribution in [2.45, 2.75) is 26.3 Å². The second-order valence-corrected chi connectivity index (χ2v) is 4.95. The first kappa shape index (κ1) is 15.0. The molecule has 18 heavy (non-hydrogen) atoms. The number of carbonyl (C=O) groups is 1. The summed E-state index contributed by atoms with van der Waals surface area (Å²) < 4.78 is 1.73. The third-order valence-electron chi connectivity index (χ3n) is 3.72. The highest BCUT2D eigenvalue weighted by Crippen LogP contribution is 2.18. The zero-order chi connectivity index (χ0) is 12.6. The summed E-state index contributed by atoms with van der Waals surface area (Å²) in [7, 11) is 1.85. The maximum Gasteiger partial charge on any atom is 0.257 e. The highest BCUT2D eigenvalue weighted by Gasteiger charge is 2.28. The maximum atomic E-state index is 12.3. The summed E-state index contributed by atoms with van der Waals surface area (Å²) in [6.45, 7) is 5.51. The van der Waals surface area contributed by atoms with Crippen LogP contribution in [0.4, 0.5) is 0 Å². The van der Waals surface area contributed by atoms with Crippen LogP contribution in [0, 0.1) is 12.8 Å². The van der Waals surface area contributed by atoms with Gasteiger partial charge in [-0.15, -0.1) is 12.4 Å². The molecule has 2 rings (SSSR count). The molecule has 102 valence electrons. The minimum atomic E-state index is 0. The number of likely N-dealkylation sites (tertiary alicyclic amines) is 1. The van der Waals surface area contributed by atoms with Gasteiger partial charge in [0.15, 0.2) is 0 Å². The molecule has 0 spiro atoms. The largest absolute Gasteiger partial charge is 0.338 e. The van der Waals surface area contributed by atoms with Crippen LogP contribution in [0.3, 0.4) is 0 Å². The second kappa shape index (κ2) is 5.71. The fraction of sp³-hybridized carbons (Fsp3) is 0.667. The van der Waals surface area contributed by atoms with Crippen LogP contribution >= 0.6 is 12.4 Å². The van der Waals surface area contributed by atoms with E-state index in [0.29, 0.717) is 11.5 Å². The van der Waals surface area contributed by atoms with Crippen LogP contribution in [0.25, 0.3) is 0 Å². The molecule has 0 saturated carbocycles. The lowest BCUT2D eigenvalue weighted by Crippen LogP contribution is -2.48. The Morgan fingerprint density at radius 2 is 2.22 bits per heavy atom. The van der Waals surface area contributed by atoms with Crippen LogP contribution in [-0.4, -0.2) is 39.7 Å². The van der Waals surface area contributed by atoms with Crippen LogP contribution in [0.1, 0.15) is 29.4 Å². The van der Waals surface area contributed by atoms with E-state index in [1.807, 2.05) is 18.9 Å². The molecule has 0 aliphatic carbocycles. The summed E-state index contributed by atoms with van der Waals surface area (Å²) in [4.78, 5) is 14.2. The molecule has 1 aromatic rings. The van der Waals surface area contributed by atoms with Gasteiger partial charge in [-0.3, -0.25) is 9.48 Å². The SMILES string of the molecule is Cc1c(C(=O)N2CCC(N)C(C)C2)cnn1C.Cl. The quantitative estimate of drug-likeness (QED) is 0.828. The molecule has 0 radical (unpaired) electrons. The van der Waals surface area contributed by atoms with Crippen molar-refractivity contribution in [1.29, 1.82) is 0 Å². The fourth-order valence-corrected chi connectivity index (χ4v) is 2.23. The predicted molar refractivity (Wildman–Crippen MR) is 72.9 cm³/mol. The Hall–Kier alpha value is -1.07. The van der Waals surface area contributed by atoms with E-state index >= 15 is 0 Å². The van der Waals surface area contributed by atoms with E-state index in [0.717, 1.165) is 25.2 Å². The molecule has 1 aromatic heterocycles. The monoisotopic (exact) mass is 272 g/mol. The number of amides is 1. The molecule has 5 nitrogen and oxygen atoms in total. The molecule has 2 unspecified atom stereocenters. The van der Waals surface area contributed by atoms with E-state index in [4.69, 9.17) is 5.73 Å². The first-order valence-corrected chi connectivity index (χ1v) is 6.04. The summed E-state index contributed by atoms with van der Waals surface area (Å²) in [5.74, 6) is 0.444. The highest BCUT2D eigenvalue weighted by molar-refractivity contribution is 5.95. The van der Waals surface area contributed by atoms with Gasteiger partial charge in [0.25, 0.3) is 5.91 Å². The Kier molecular flexibility index (Phi) is 4.76. The van der Waals surface area contributed by atoms with Crippen LogP contribution in [0.5, 0.6) is 0 Å². The van der Waals surface area contributed by atoms with Crippen molar-refractivity contribution < 1.29 is 4.79 Å². The van der Waals surface area contributed by atoms with Gasteiger partial charge < -0.3 is 10.6 Å². The summed E-state index contributed by atoms with van der Waals surface area (Å²) in [6.07, 6.45) is 2.53. The van der Waals surface area contributed by atoms with Crippen LogP contribution < -0.4 is 5.73 Å². The Balaban J connectivity index is 0.00000162. The van der Waals surface area contributed by atoms with Gasteiger partial charge in [0, 0.05) is 31.9 Å². The third kappa shape index (κ3) is 2.67. The number of piperidine rings is 1. The van der Waals surface area contributed by atoms with E-state index in [1.54, 1.807) is 10.9 Å². The van der Waals surface area contributed by atoms with Crippen molar-refractivity contribution in [1.82, 2.24) is 14.7 Å². The molecule has 1 fully saturated rings. The molecule has 1 saturated heterocycles. The minimum Gasteiger partial charge on any atom is -0.338 e. The van der Waals surface area contributed by atoms with Crippen molar-refractivity contribution >= 4 is 18.3 Å². The van der Waals surface area contributed by atoms with Crippen LogP contribution in [0.2, 0.25) is 0 Å². The molecule has 1 amide bonds. The van der Waals surface area contributed by atoms with Gasteiger partial charge in [0.2, 0.25) is 0 Å². The molecule has 6 heteroatoms. The van der Waals surface area contributed by atoms with Gasteiger partial charge in [0.05, 0.1) is 11.8 Å². The normalized spacial score (nSPS) is 23.7.